The zero-order valence-corrected chi connectivity index (χ0v) is 16.8. The van der Waals surface area contributed by atoms with Gasteiger partial charge in [0.25, 0.3) is 0 Å². The van der Waals surface area contributed by atoms with E-state index in [-0.39, 0.29) is 23.9 Å². The number of hydrogen-bond donors (Lipinski definition) is 2. The molecule has 150 valence electrons. The normalized spacial score (nSPS) is 34.1. The number of carbonyl (C=O) groups excluding carboxylic acids is 1. The van der Waals surface area contributed by atoms with Gasteiger partial charge in [-0.3, -0.25) is 9.69 Å². The summed E-state index contributed by atoms with van der Waals surface area (Å²) < 4.78 is 5.55. The lowest BCUT2D eigenvalue weighted by Crippen LogP contribution is -2.59. The Morgan fingerprint density at radius 3 is 2.38 bits per heavy atom. The monoisotopic (exact) mass is 385 g/mol. The first-order chi connectivity index (χ1) is 12.2. The first-order valence-corrected chi connectivity index (χ1v) is 10.6. The molecule has 3 aliphatic heterocycles. The van der Waals surface area contributed by atoms with E-state index in [1.807, 2.05) is 0 Å². The summed E-state index contributed by atoms with van der Waals surface area (Å²) in [4.78, 5) is 15.2. The Bertz CT molecular complexity index is 452. The van der Waals surface area contributed by atoms with Gasteiger partial charge in [-0.1, -0.05) is 19.3 Å². The van der Waals surface area contributed by atoms with Crippen LogP contribution in [0.1, 0.15) is 64.2 Å². The summed E-state index contributed by atoms with van der Waals surface area (Å²) in [6.45, 7) is 4.56. The first-order valence-electron chi connectivity index (χ1n) is 10.6. The number of nitrogens with one attached hydrogen (secondary N) is 2. The molecule has 1 saturated carbocycles. The summed E-state index contributed by atoms with van der Waals surface area (Å²) >= 11 is 0. The SMILES string of the molecule is Cl.O=C(CC1CC2CCC(C1)N2)NCC1(N2CCOCC2)CCCCC1. The van der Waals surface area contributed by atoms with Crippen molar-refractivity contribution in [1.29, 1.82) is 0 Å². The summed E-state index contributed by atoms with van der Waals surface area (Å²) in [5.41, 5.74) is 0.185. The highest BCUT2D eigenvalue weighted by atomic mass is 35.5. The van der Waals surface area contributed by atoms with Crippen LogP contribution in [-0.4, -0.2) is 61.3 Å². The maximum absolute atomic E-state index is 12.6. The van der Waals surface area contributed by atoms with Crippen molar-refractivity contribution in [2.45, 2.75) is 81.8 Å². The fraction of sp³-hybridized carbons (Fsp3) is 0.950. The predicted molar refractivity (Wildman–Crippen MR) is 106 cm³/mol. The van der Waals surface area contributed by atoms with E-state index in [0.29, 0.717) is 18.0 Å². The van der Waals surface area contributed by atoms with Crippen LogP contribution in [0, 0.1) is 5.92 Å². The average molecular weight is 386 g/mol. The summed E-state index contributed by atoms with van der Waals surface area (Å²) in [6.07, 6.45) is 12.1. The third-order valence-corrected chi connectivity index (χ3v) is 7.13. The van der Waals surface area contributed by atoms with E-state index in [1.165, 1.54) is 57.8 Å². The quantitative estimate of drug-likeness (QED) is 0.763. The number of rotatable bonds is 5. The number of morpholine rings is 1. The minimum atomic E-state index is 0. The number of carbonyl (C=O) groups is 1. The molecule has 0 aromatic heterocycles. The molecule has 1 amide bonds. The molecule has 0 radical (unpaired) electrons. The molecule has 4 fully saturated rings. The van der Waals surface area contributed by atoms with Gasteiger partial charge in [-0.05, 0) is 44.4 Å². The first kappa shape index (κ1) is 20.4. The van der Waals surface area contributed by atoms with Crippen molar-refractivity contribution < 1.29 is 9.53 Å². The van der Waals surface area contributed by atoms with Gasteiger partial charge in [-0.2, -0.15) is 0 Å². The maximum Gasteiger partial charge on any atom is 0.220 e. The minimum Gasteiger partial charge on any atom is -0.379 e. The van der Waals surface area contributed by atoms with Gasteiger partial charge in [0.2, 0.25) is 5.91 Å². The van der Waals surface area contributed by atoms with Crippen molar-refractivity contribution >= 4 is 18.3 Å². The Balaban J connectivity index is 0.00000196. The Morgan fingerprint density at radius 1 is 1.08 bits per heavy atom. The summed E-state index contributed by atoms with van der Waals surface area (Å²) in [6, 6.07) is 1.35. The number of hydrogen-bond acceptors (Lipinski definition) is 4. The van der Waals surface area contributed by atoms with Crippen molar-refractivity contribution in [2.24, 2.45) is 5.92 Å². The van der Waals surface area contributed by atoms with Crippen LogP contribution >= 0.6 is 12.4 Å². The van der Waals surface area contributed by atoms with Crippen LogP contribution in [-0.2, 0) is 9.53 Å². The van der Waals surface area contributed by atoms with Crippen LogP contribution in [0.15, 0.2) is 0 Å². The molecule has 3 heterocycles. The van der Waals surface area contributed by atoms with Crippen molar-refractivity contribution in [3.05, 3.63) is 0 Å². The molecule has 0 spiro atoms. The van der Waals surface area contributed by atoms with E-state index in [4.69, 9.17) is 4.74 Å². The van der Waals surface area contributed by atoms with Gasteiger partial charge in [-0.25, -0.2) is 0 Å². The topological polar surface area (TPSA) is 53.6 Å². The van der Waals surface area contributed by atoms with Crippen LogP contribution in [0.2, 0.25) is 0 Å². The molecule has 3 saturated heterocycles. The fourth-order valence-electron chi connectivity index (χ4n) is 5.79. The zero-order chi connectivity index (χ0) is 17.1. The maximum atomic E-state index is 12.6. The Hall–Kier alpha value is -0.360. The third kappa shape index (κ3) is 4.73. The molecule has 1 aliphatic carbocycles. The summed E-state index contributed by atoms with van der Waals surface area (Å²) in [5.74, 6) is 0.869. The van der Waals surface area contributed by atoms with Gasteiger partial charge in [0, 0.05) is 43.7 Å². The highest BCUT2D eigenvalue weighted by Crippen LogP contribution is 2.35. The lowest BCUT2D eigenvalue weighted by Gasteiger charge is -2.48. The molecule has 2 bridgehead atoms. The van der Waals surface area contributed by atoms with Gasteiger partial charge < -0.3 is 15.4 Å². The number of piperidine rings is 1. The summed E-state index contributed by atoms with van der Waals surface area (Å²) in [7, 11) is 0. The van der Waals surface area contributed by atoms with Crippen molar-refractivity contribution in [3.63, 3.8) is 0 Å². The largest absolute Gasteiger partial charge is 0.379 e. The molecule has 4 rings (SSSR count). The molecule has 4 aliphatic rings. The standard InChI is InChI=1S/C20H35N3O2.ClH/c24-19(14-16-12-17-4-5-18(13-16)22-17)21-15-20(6-2-1-3-7-20)23-8-10-25-11-9-23;/h16-18,22H,1-15H2,(H,21,24);1H. The molecule has 5 nitrogen and oxygen atoms in total. The van der Waals surface area contributed by atoms with E-state index in [0.717, 1.165) is 39.3 Å². The van der Waals surface area contributed by atoms with Crippen LogP contribution in [0.25, 0.3) is 0 Å². The van der Waals surface area contributed by atoms with Gasteiger partial charge >= 0.3 is 0 Å². The van der Waals surface area contributed by atoms with E-state index < -0.39 is 0 Å². The summed E-state index contributed by atoms with van der Waals surface area (Å²) in [5, 5.41) is 7.02. The van der Waals surface area contributed by atoms with Crippen molar-refractivity contribution in [2.75, 3.05) is 32.8 Å². The van der Waals surface area contributed by atoms with Crippen LogP contribution in [0.5, 0.6) is 0 Å². The molecule has 0 aromatic rings. The van der Waals surface area contributed by atoms with Gasteiger partial charge in [-0.15, -0.1) is 12.4 Å². The molecule has 2 atom stereocenters. The Labute approximate surface area is 164 Å². The van der Waals surface area contributed by atoms with Crippen LogP contribution in [0.3, 0.4) is 0 Å². The van der Waals surface area contributed by atoms with Gasteiger partial charge in [0.1, 0.15) is 0 Å². The molecule has 0 aromatic carbocycles. The van der Waals surface area contributed by atoms with Gasteiger partial charge in [0.15, 0.2) is 0 Å². The lowest BCUT2D eigenvalue weighted by atomic mass is 9.79. The number of amides is 1. The zero-order valence-electron chi connectivity index (χ0n) is 16.0. The molecule has 2 N–H and O–H groups in total. The third-order valence-electron chi connectivity index (χ3n) is 7.13. The van der Waals surface area contributed by atoms with E-state index in [1.54, 1.807) is 0 Å². The Kier molecular flexibility index (Phi) is 7.23. The highest BCUT2D eigenvalue weighted by molar-refractivity contribution is 5.85. The van der Waals surface area contributed by atoms with Gasteiger partial charge in [0.05, 0.1) is 13.2 Å². The Morgan fingerprint density at radius 2 is 1.73 bits per heavy atom. The second-order valence-corrected chi connectivity index (χ2v) is 8.84. The molecular weight excluding hydrogens is 350 g/mol. The minimum absolute atomic E-state index is 0. The van der Waals surface area contributed by atoms with Crippen LogP contribution < -0.4 is 10.6 Å². The lowest BCUT2D eigenvalue weighted by molar-refractivity contribution is -0.123. The molecule has 2 unspecified atom stereocenters. The van der Waals surface area contributed by atoms with E-state index in [9.17, 15) is 4.79 Å². The van der Waals surface area contributed by atoms with E-state index >= 15 is 0 Å². The number of fused-ring (bicyclic) bond motifs is 2. The van der Waals surface area contributed by atoms with Crippen molar-refractivity contribution in [3.8, 4) is 0 Å². The molecule has 6 heteroatoms. The highest BCUT2D eigenvalue weighted by Gasteiger charge is 2.39. The smallest absolute Gasteiger partial charge is 0.220 e. The fourth-order valence-corrected chi connectivity index (χ4v) is 5.79. The number of nitrogens with zero attached hydrogens (tertiary/aromatic N) is 1. The second-order valence-electron chi connectivity index (χ2n) is 8.84. The van der Waals surface area contributed by atoms with E-state index in [2.05, 4.69) is 15.5 Å². The van der Waals surface area contributed by atoms with Crippen LogP contribution in [0.4, 0.5) is 0 Å². The molecule has 26 heavy (non-hydrogen) atoms. The average Bonchev–Trinajstić information content (AvgIpc) is 3.00. The second kappa shape index (κ2) is 9.22. The predicted octanol–water partition coefficient (Wildman–Crippen LogP) is 2.48. The molecular formula is C20H36ClN3O2. The number of ether oxygens (including phenoxy) is 1. The number of halogens is 1. The van der Waals surface area contributed by atoms with Crippen molar-refractivity contribution in [1.82, 2.24) is 15.5 Å².